The van der Waals surface area contributed by atoms with E-state index in [4.69, 9.17) is 28.3 Å². The zero-order valence-electron chi connectivity index (χ0n) is 29.6. The number of aromatic nitrogens is 2. The molecule has 264 valence electrons. The highest BCUT2D eigenvalue weighted by atomic mass is 16.5. The average molecular weight is 682 g/mol. The number of anilines is 1. The molecule has 1 N–H and O–H groups in total. The van der Waals surface area contributed by atoms with Crippen molar-refractivity contribution in [2.24, 2.45) is 0 Å². The molecule has 2 aromatic heterocycles. The van der Waals surface area contributed by atoms with E-state index in [0.29, 0.717) is 41.9 Å². The molecule has 1 atom stereocenters. The number of imidazole rings is 1. The van der Waals surface area contributed by atoms with Gasteiger partial charge in [0.2, 0.25) is 11.7 Å². The molecule has 0 saturated carbocycles. The van der Waals surface area contributed by atoms with Crippen LogP contribution in [0.25, 0.3) is 11.0 Å². The van der Waals surface area contributed by atoms with Gasteiger partial charge in [0, 0.05) is 49.8 Å². The van der Waals surface area contributed by atoms with Crippen LogP contribution in [-0.4, -0.2) is 93.0 Å². The fourth-order valence-corrected chi connectivity index (χ4v) is 6.83. The van der Waals surface area contributed by atoms with Gasteiger partial charge >= 0.3 is 0 Å². The first-order valence-corrected chi connectivity index (χ1v) is 17.0. The number of ether oxygens (including phenoxy) is 4. The number of nitrogens with zero attached hydrogens (tertiary/aromatic N) is 4. The minimum atomic E-state index is -0.122. The molecule has 3 aromatic carbocycles. The lowest BCUT2D eigenvalue weighted by Crippen LogP contribution is -2.40. The number of piperidine rings is 1. The fraction of sp³-hybridized carbons (Fsp3) is 0.385. The Morgan fingerprint density at radius 2 is 1.72 bits per heavy atom. The Balaban J connectivity index is 1.11. The van der Waals surface area contributed by atoms with E-state index in [1.54, 1.807) is 58.0 Å². The molecule has 3 heterocycles. The molecular formula is C39H47N5O6. The second kappa shape index (κ2) is 16.0. The number of carbonyl (C=O) groups is 1. The predicted molar refractivity (Wildman–Crippen MR) is 194 cm³/mol. The van der Waals surface area contributed by atoms with Crippen LogP contribution in [0.1, 0.15) is 46.7 Å². The number of amides is 1. The first kappa shape index (κ1) is 34.7. The van der Waals surface area contributed by atoms with Crippen molar-refractivity contribution in [1.29, 1.82) is 0 Å². The number of nitrogens with one attached hydrogen (secondary N) is 1. The molecule has 1 aliphatic heterocycles. The molecule has 1 amide bonds. The van der Waals surface area contributed by atoms with E-state index in [-0.39, 0.29) is 11.8 Å². The minimum Gasteiger partial charge on any atom is -0.497 e. The number of fused-ring (bicyclic) bond motifs is 1. The second-order valence-electron chi connectivity index (χ2n) is 12.8. The third kappa shape index (κ3) is 7.83. The van der Waals surface area contributed by atoms with Gasteiger partial charge in [0.25, 0.3) is 5.91 Å². The van der Waals surface area contributed by atoms with Crippen LogP contribution in [0.3, 0.4) is 0 Å². The van der Waals surface area contributed by atoms with E-state index in [2.05, 4.69) is 45.1 Å². The number of para-hydroxylation sites is 2. The Kier molecular flexibility index (Phi) is 11.1. The quantitative estimate of drug-likeness (QED) is 0.132. The van der Waals surface area contributed by atoms with E-state index in [9.17, 15) is 4.79 Å². The molecule has 0 aliphatic carbocycles. The number of furan rings is 1. The van der Waals surface area contributed by atoms with Crippen molar-refractivity contribution in [2.45, 2.75) is 37.8 Å². The fourth-order valence-electron chi connectivity index (χ4n) is 6.83. The van der Waals surface area contributed by atoms with Gasteiger partial charge in [-0.15, -0.1) is 0 Å². The van der Waals surface area contributed by atoms with Crippen LogP contribution >= 0.6 is 0 Å². The number of hydrogen-bond donors (Lipinski definition) is 1. The SMILES string of the molecule is COc1cccc(C(CCN2CCC(Nc3nc4ccccc4n3Cc3ccoc3)CC2)CN(C)C(=O)c2cc(OC)c(OC)c(OC)c2)c1. The standard InChI is InChI=1S/C39H47N5O6/c1-42(38(45)30-22-35(47-3)37(49-5)36(23-30)48-4)25-29(28-9-8-10-32(21-28)46-2)13-17-43-18-14-31(15-19-43)40-39-41-33-11-6-7-12-34(33)44(39)24-27-16-20-50-26-27/h6-12,16,20-23,26,29,31H,13-15,17-19,24-25H2,1-5H3,(H,40,41). The molecule has 1 saturated heterocycles. The molecule has 11 nitrogen and oxygen atoms in total. The number of methoxy groups -OCH3 is 4. The summed E-state index contributed by atoms with van der Waals surface area (Å²) in [4.78, 5) is 23.0. The third-order valence-electron chi connectivity index (χ3n) is 9.61. The molecule has 5 aromatic rings. The maximum atomic E-state index is 13.8. The van der Waals surface area contributed by atoms with Crippen molar-refractivity contribution in [2.75, 3.05) is 67.0 Å². The maximum absolute atomic E-state index is 13.8. The number of likely N-dealkylation sites (tertiary alicyclic amines) is 1. The normalized spacial score (nSPS) is 14.3. The van der Waals surface area contributed by atoms with Crippen LogP contribution in [-0.2, 0) is 6.54 Å². The molecule has 1 fully saturated rings. The van der Waals surface area contributed by atoms with Crippen LogP contribution in [0, 0.1) is 0 Å². The van der Waals surface area contributed by atoms with Crippen molar-refractivity contribution in [3.8, 4) is 23.0 Å². The van der Waals surface area contributed by atoms with Crippen molar-refractivity contribution < 1.29 is 28.2 Å². The molecule has 50 heavy (non-hydrogen) atoms. The maximum Gasteiger partial charge on any atom is 0.253 e. The van der Waals surface area contributed by atoms with E-state index in [0.717, 1.165) is 72.8 Å². The second-order valence-corrected chi connectivity index (χ2v) is 12.8. The van der Waals surface area contributed by atoms with E-state index in [1.165, 1.54) is 0 Å². The first-order chi connectivity index (χ1) is 24.4. The number of rotatable bonds is 15. The lowest BCUT2D eigenvalue weighted by molar-refractivity contribution is 0.0781. The summed E-state index contributed by atoms with van der Waals surface area (Å²) in [5, 5.41) is 3.76. The van der Waals surface area contributed by atoms with Crippen molar-refractivity contribution in [3.63, 3.8) is 0 Å². The summed E-state index contributed by atoms with van der Waals surface area (Å²) in [5.74, 6) is 3.01. The monoisotopic (exact) mass is 681 g/mol. The van der Waals surface area contributed by atoms with Gasteiger partial charge in [-0.05, 0) is 73.8 Å². The van der Waals surface area contributed by atoms with E-state index in [1.807, 2.05) is 31.3 Å². The van der Waals surface area contributed by atoms with Gasteiger partial charge in [0.05, 0.1) is 58.5 Å². The summed E-state index contributed by atoms with van der Waals surface area (Å²) >= 11 is 0. The van der Waals surface area contributed by atoms with Crippen LogP contribution in [0.2, 0.25) is 0 Å². The summed E-state index contributed by atoms with van der Waals surface area (Å²) in [6.07, 6.45) is 6.41. The minimum absolute atomic E-state index is 0.0970. The Morgan fingerprint density at radius 1 is 0.960 bits per heavy atom. The number of benzene rings is 3. The van der Waals surface area contributed by atoms with Gasteiger partial charge in [0.1, 0.15) is 5.75 Å². The molecule has 6 rings (SSSR count). The largest absolute Gasteiger partial charge is 0.497 e. The highest BCUT2D eigenvalue weighted by Crippen LogP contribution is 2.38. The molecule has 1 unspecified atom stereocenters. The van der Waals surface area contributed by atoms with Gasteiger partial charge < -0.3 is 43.0 Å². The van der Waals surface area contributed by atoms with Gasteiger partial charge in [-0.2, -0.15) is 0 Å². The Bertz CT molecular complexity index is 1840. The van der Waals surface area contributed by atoms with Crippen molar-refractivity contribution >= 4 is 22.9 Å². The number of hydrogen-bond acceptors (Lipinski definition) is 9. The van der Waals surface area contributed by atoms with E-state index >= 15 is 0 Å². The highest BCUT2D eigenvalue weighted by molar-refractivity contribution is 5.95. The molecular weight excluding hydrogens is 634 g/mol. The van der Waals surface area contributed by atoms with Crippen LogP contribution in [0.15, 0.2) is 83.7 Å². The van der Waals surface area contributed by atoms with Crippen molar-refractivity contribution in [3.05, 3.63) is 95.9 Å². The summed E-state index contributed by atoms with van der Waals surface area (Å²) in [7, 11) is 8.17. The molecule has 0 spiro atoms. The smallest absolute Gasteiger partial charge is 0.253 e. The zero-order chi connectivity index (χ0) is 35.0. The first-order valence-electron chi connectivity index (χ1n) is 17.0. The predicted octanol–water partition coefficient (Wildman–Crippen LogP) is 6.53. The van der Waals surface area contributed by atoms with Gasteiger partial charge in [-0.25, -0.2) is 4.98 Å². The van der Waals surface area contributed by atoms with Crippen LogP contribution < -0.4 is 24.3 Å². The number of carbonyl (C=O) groups excluding carboxylic acids is 1. The summed E-state index contributed by atoms with van der Waals surface area (Å²) in [6.45, 7) is 4.10. The highest BCUT2D eigenvalue weighted by Gasteiger charge is 2.26. The van der Waals surface area contributed by atoms with Crippen LogP contribution in [0.5, 0.6) is 23.0 Å². The zero-order valence-corrected chi connectivity index (χ0v) is 29.6. The Labute approximate surface area is 293 Å². The Morgan fingerprint density at radius 3 is 2.40 bits per heavy atom. The topological polar surface area (TPSA) is 103 Å². The lowest BCUT2D eigenvalue weighted by Gasteiger charge is -2.34. The molecule has 0 bridgehead atoms. The third-order valence-corrected chi connectivity index (χ3v) is 9.61. The summed E-state index contributed by atoms with van der Waals surface area (Å²) in [5.41, 5.74) is 4.80. The number of likely N-dealkylation sites (N-methyl/N-ethyl adjacent to an activating group) is 1. The Hall–Kier alpha value is -5.16. The van der Waals surface area contributed by atoms with Crippen molar-refractivity contribution in [1.82, 2.24) is 19.4 Å². The van der Waals surface area contributed by atoms with Crippen LogP contribution in [0.4, 0.5) is 5.95 Å². The summed E-state index contributed by atoms with van der Waals surface area (Å²) < 4.78 is 29.6. The van der Waals surface area contributed by atoms with Gasteiger partial charge in [0.15, 0.2) is 11.5 Å². The van der Waals surface area contributed by atoms with Gasteiger partial charge in [-0.1, -0.05) is 24.3 Å². The molecule has 0 radical (unpaired) electrons. The molecule has 11 heteroatoms. The average Bonchev–Trinajstić information content (AvgIpc) is 3.80. The summed E-state index contributed by atoms with van der Waals surface area (Å²) in [6, 6.07) is 22.1. The lowest BCUT2D eigenvalue weighted by atomic mass is 9.93. The molecule has 1 aliphatic rings. The van der Waals surface area contributed by atoms with E-state index < -0.39 is 0 Å². The van der Waals surface area contributed by atoms with Gasteiger partial charge in [-0.3, -0.25) is 4.79 Å².